The summed E-state index contributed by atoms with van der Waals surface area (Å²) in [6.07, 6.45) is 0. The summed E-state index contributed by atoms with van der Waals surface area (Å²) in [6.45, 7) is 17.4. The quantitative estimate of drug-likeness (QED) is 0.445. The highest BCUT2D eigenvalue weighted by Crippen LogP contribution is 2.32. The molecule has 0 aromatic carbocycles. The zero-order valence-electron chi connectivity index (χ0n) is 15.3. The first-order valence-corrected chi connectivity index (χ1v) is 15.4. The van der Waals surface area contributed by atoms with Crippen LogP contribution in [0.3, 0.4) is 0 Å². The Labute approximate surface area is 135 Å². The van der Waals surface area contributed by atoms with Gasteiger partial charge in [-0.25, -0.2) is 0 Å². The fourth-order valence-electron chi connectivity index (χ4n) is 2.81. The Balaban J connectivity index is 5.47. The standard InChI is InChI=1S/C15H36O3Si3/c1-9-19(10-2,11-3)17-21(15-7,16-8)18-20(12-4,13-5)14-6/h15H,7,9-14H2,1-6,8H3. The van der Waals surface area contributed by atoms with E-state index < -0.39 is 25.4 Å². The molecule has 0 radical (unpaired) electrons. The van der Waals surface area contributed by atoms with E-state index in [1.54, 1.807) is 7.11 Å². The summed E-state index contributed by atoms with van der Waals surface area (Å²) in [5, 5.41) is 0. The number of hydrogen-bond acceptors (Lipinski definition) is 3. The summed E-state index contributed by atoms with van der Waals surface area (Å²) >= 11 is 0. The lowest BCUT2D eigenvalue weighted by atomic mass is 10.9. The second kappa shape index (κ2) is 9.42. The normalized spacial score (nSPS) is 13.5. The number of rotatable bonds is 12. The molecule has 0 bridgehead atoms. The summed E-state index contributed by atoms with van der Waals surface area (Å²) in [5.41, 5.74) is 1.86. The van der Waals surface area contributed by atoms with Crippen LogP contribution in [0.15, 0.2) is 12.3 Å². The molecule has 0 aliphatic rings. The van der Waals surface area contributed by atoms with Crippen LogP contribution in [0.5, 0.6) is 0 Å². The van der Waals surface area contributed by atoms with Gasteiger partial charge < -0.3 is 12.7 Å². The van der Waals surface area contributed by atoms with Crippen molar-refractivity contribution in [2.24, 2.45) is 0 Å². The highest BCUT2D eigenvalue weighted by Gasteiger charge is 2.49. The van der Waals surface area contributed by atoms with Crippen LogP contribution in [0.2, 0.25) is 36.3 Å². The Bertz CT molecular complexity index is 264. The molecule has 0 heterocycles. The first-order valence-electron chi connectivity index (χ1n) is 8.49. The molecule has 6 heteroatoms. The first kappa shape index (κ1) is 21.3. The van der Waals surface area contributed by atoms with Crippen molar-refractivity contribution in [1.29, 1.82) is 0 Å². The van der Waals surface area contributed by atoms with Gasteiger partial charge in [0.1, 0.15) is 0 Å². The Morgan fingerprint density at radius 1 is 0.714 bits per heavy atom. The first-order chi connectivity index (χ1) is 9.90. The smallest absolute Gasteiger partial charge is 0.413 e. The second-order valence-electron chi connectivity index (χ2n) is 5.70. The average molecular weight is 349 g/mol. The van der Waals surface area contributed by atoms with Crippen molar-refractivity contribution in [3.63, 3.8) is 0 Å². The van der Waals surface area contributed by atoms with E-state index in [2.05, 4.69) is 48.1 Å². The molecule has 0 aliphatic carbocycles. The van der Waals surface area contributed by atoms with E-state index >= 15 is 0 Å². The zero-order chi connectivity index (χ0) is 16.6. The van der Waals surface area contributed by atoms with Crippen LogP contribution in [0.1, 0.15) is 41.5 Å². The third-order valence-corrected chi connectivity index (χ3v) is 19.7. The topological polar surface area (TPSA) is 27.7 Å². The third kappa shape index (κ3) is 5.14. The summed E-state index contributed by atoms with van der Waals surface area (Å²) in [7, 11) is -4.56. The van der Waals surface area contributed by atoms with E-state index in [0.717, 1.165) is 36.3 Å². The fraction of sp³-hybridized carbons (Fsp3) is 0.867. The Morgan fingerprint density at radius 2 is 1.00 bits per heavy atom. The van der Waals surface area contributed by atoms with E-state index in [1.807, 2.05) is 5.70 Å². The Hall–Kier alpha value is 0.271. The molecule has 0 amide bonds. The summed E-state index contributed by atoms with van der Waals surface area (Å²) in [5.74, 6) is 0. The maximum atomic E-state index is 6.68. The molecule has 0 saturated carbocycles. The van der Waals surface area contributed by atoms with E-state index in [0.29, 0.717) is 0 Å². The molecule has 0 N–H and O–H groups in total. The molecule has 21 heavy (non-hydrogen) atoms. The molecule has 126 valence electrons. The molecule has 0 aliphatic heterocycles. The molecule has 0 aromatic rings. The molecule has 3 nitrogen and oxygen atoms in total. The third-order valence-electron chi connectivity index (χ3n) is 5.12. The van der Waals surface area contributed by atoms with E-state index in [4.69, 9.17) is 12.7 Å². The highest BCUT2D eigenvalue weighted by molar-refractivity contribution is 6.89. The van der Waals surface area contributed by atoms with E-state index in [-0.39, 0.29) is 0 Å². The lowest BCUT2D eigenvalue weighted by molar-refractivity contribution is 0.210. The van der Waals surface area contributed by atoms with Crippen molar-refractivity contribution >= 4 is 25.4 Å². The molecule has 0 fully saturated rings. The van der Waals surface area contributed by atoms with Crippen molar-refractivity contribution in [2.45, 2.75) is 77.8 Å². The molecule has 0 aromatic heterocycles. The molecule has 0 unspecified atom stereocenters. The van der Waals surface area contributed by atoms with Crippen molar-refractivity contribution in [2.75, 3.05) is 7.11 Å². The van der Waals surface area contributed by atoms with Gasteiger partial charge in [0.15, 0.2) is 16.6 Å². The van der Waals surface area contributed by atoms with Crippen LogP contribution >= 0.6 is 0 Å². The summed E-state index contributed by atoms with van der Waals surface area (Å²) in [4.78, 5) is 0. The van der Waals surface area contributed by atoms with Crippen LogP contribution in [-0.4, -0.2) is 32.5 Å². The molecular weight excluding hydrogens is 312 g/mol. The molecular formula is C15H36O3Si3. The van der Waals surface area contributed by atoms with Gasteiger partial charge in [0.2, 0.25) is 0 Å². The van der Waals surface area contributed by atoms with Gasteiger partial charge in [0.25, 0.3) is 0 Å². The predicted molar refractivity (Wildman–Crippen MR) is 99.5 cm³/mol. The lowest BCUT2D eigenvalue weighted by Gasteiger charge is -2.42. The zero-order valence-corrected chi connectivity index (χ0v) is 18.3. The van der Waals surface area contributed by atoms with Crippen LogP contribution < -0.4 is 0 Å². The van der Waals surface area contributed by atoms with Crippen LogP contribution in [0.4, 0.5) is 0 Å². The Kier molecular flexibility index (Phi) is 9.54. The largest absolute Gasteiger partial charge is 0.507 e. The Morgan fingerprint density at radius 3 is 1.14 bits per heavy atom. The van der Waals surface area contributed by atoms with E-state index in [9.17, 15) is 0 Å². The van der Waals surface area contributed by atoms with Crippen molar-refractivity contribution in [1.82, 2.24) is 0 Å². The van der Waals surface area contributed by atoms with Gasteiger partial charge in [0, 0.05) is 7.11 Å². The van der Waals surface area contributed by atoms with Crippen molar-refractivity contribution in [3.05, 3.63) is 12.3 Å². The van der Waals surface area contributed by atoms with Crippen molar-refractivity contribution < 1.29 is 12.7 Å². The predicted octanol–water partition coefficient (Wildman–Crippen LogP) is 5.34. The summed E-state index contributed by atoms with van der Waals surface area (Å²) < 4.78 is 19.2. The molecule has 0 saturated heterocycles. The van der Waals surface area contributed by atoms with Gasteiger partial charge in [-0.3, -0.25) is 0 Å². The minimum Gasteiger partial charge on any atom is -0.413 e. The summed E-state index contributed by atoms with van der Waals surface area (Å²) in [6, 6.07) is 6.63. The van der Waals surface area contributed by atoms with Crippen LogP contribution in [0.25, 0.3) is 0 Å². The van der Waals surface area contributed by atoms with Gasteiger partial charge in [-0.05, 0) is 42.0 Å². The lowest BCUT2D eigenvalue weighted by Crippen LogP contribution is -2.59. The van der Waals surface area contributed by atoms with Crippen molar-refractivity contribution in [3.8, 4) is 0 Å². The highest BCUT2D eigenvalue weighted by atomic mass is 28.5. The fourth-order valence-corrected chi connectivity index (χ4v) is 16.1. The molecule has 0 spiro atoms. The maximum absolute atomic E-state index is 6.68. The maximum Gasteiger partial charge on any atom is 0.507 e. The van der Waals surface area contributed by atoms with Gasteiger partial charge in [-0.1, -0.05) is 48.1 Å². The SMILES string of the molecule is C=C[Si](OC)(O[Si](CC)(CC)CC)O[Si](CC)(CC)CC. The van der Waals surface area contributed by atoms with Gasteiger partial charge >= 0.3 is 8.80 Å². The van der Waals surface area contributed by atoms with Crippen LogP contribution in [-0.2, 0) is 12.7 Å². The minimum absolute atomic E-state index is 1.11. The molecule has 0 rings (SSSR count). The van der Waals surface area contributed by atoms with Gasteiger partial charge in [0.05, 0.1) is 0 Å². The monoisotopic (exact) mass is 348 g/mol. The molecule has 0 atom stereocenters. The average Bonchev–Trinajstić information content (AvgIpc) is 2.57. The minimum atomic E-state index is -2.75. The van der Waals surface area contributed by atoms with Gasteiger partial charge in [-0.15, -0.1) is 0 Å². The number of hydrogen-bond donors (Lipinski definition) is 0. The van der Waals surface area contributed by atoms with Crippen LogP contribution in [0, 0.1) is 0 Å². The second-order valence-corrected chi connectivity index (χ2v) is 18.3. The van der Waals surface area contributed by atoms with E-state index in [1.165, 1.54) is 0 Å². The van der Waals surface area contributed by atoms with Gasteiger partial charge in [-0.2, -0.15) is 0 Å².